The van der Waals surface area contributed by atoms with Crippen LogP contribution in [-0.4, -0.2) is 31.6 Å². The first-order valence-corrected chi connectivity index (χ1v) is 10.4. The summed E-state index contributed by atoms with van der Waals surface area (Å²) < 4.78 is 17.2. The topological polar surface area (TPSA) is 88.9 Å². The van der Waals surface area contributed by atoms with Crippen molar-refractivity contribution in [3.05, 3.63) is 46.4 Å². The second-order valence-electron chi connectivity index (χ2n) is 6.56. The lowest BCUT2D eigenvalue weighted by Crippen LogP contribution is -2.27. The van der Waals surface area contributed by atoms with Crippen LogP contribution in [-0.2, 0) is 9.59 Å². The molecule has 8 heteroatoms. The highest BCUT2D eigenvalue weighted by molar-refractivity contribution is 9.10. The van der Waals surface area contributed by atoms with Gasteiger partial charge in [0.25, 0.3) is 0 Å². The molecule has 0 radical (unpaired) electrons. The molecule has 1 unspecified atom stereocenters. The van der Waals surface area contributed by atoms with Crippen LogP contribution in [0.4, 0.5) is 5.69 Å². The van der Waals surface area contributed by atoms with Crippen molar-refractivity contribution in [2.24, 2.45) is 5.92 Å². The highest BCUT2D eigenvalue weighted by Gasteiger charge is 2.38. The molecule has 3 rings (SSSR count). The number of hydrogen-bond acceptors (Lipinski definition) is 6. The number of benzene rings is 2. The van der Waals surface area contributed by atoms with Gasteiger partial charge < -0.3 is 19.1 Å². The fourth-order valence-corrected chi connectivity index (χ4v) is 3.76. The van der Waals surface area contributed by atoms with E-state index in [0.29, 0.717) is 40.4 Å². The number of ether oxygens (including phenoxy) is 3. The maximum atomic E-state index is 12.8. The van der Waals surface area contributed by atoms with Crippen molar-refractivity contribution in [1.82, 2.24) is 0 Å². The Morgan fingerprint density at radius 3 is 2.60 bits per heavy atom. The zero-order valence-electron chi connectivity index (χ0n) is 16.7. The van der Waals surface area contributed by atoms with Gasteiger partial charge in [0, 0.05) is 19.0 Å². The van der Waals surface area contributed by atoms with Crippen LogP contribution >= 0.6 is 15.9 Å². The second kappa shape index (κ2) is 9.63. The highest BCUT2D eigenvalue weighted by atomic mass is 79.9. The third kappa shape index (κ3) is 4.57. The van der Waals surface area contributed by atoms with Gasteiger partial charge in [0.15, 0.2) is 11.5 Å². The lowest BCUT2D eigenvalue weighted by atomic mass is 10.1. The summed E-state index contributed by atoms with van der Waals surface area (Å²) in [5, 5.41) is 9.14. The molecule has 0 aromatic heterocycles. The first-order valence-electron chi connectivity index (χ1n) is 9.58. The third-order valence-corrected chi connectivity index (χ3v) is 5.14. The predicted octanol–water partition coefficient (Wildman–Crippen LogP) is 4.08. The van der Waals surface area contributed by atoms with Crippen LogP contribution in [0.25, 0.3) is 0 Å². The Balaban J connectivity index is 1.80. The van der Waals surface area contributed by atoms with E-state index < -0.39 is 11.9 Å². The average Bonchev–Trinajstić information content (AvgIpc) is 3.12. The lowest BCUT2D eigenvalue weighted by Gasteiger charge is -2.20. The van der Waals surface area contributed by atoms with Crippen LogP contribution in [0.2, 0.25) is 0 Å². The van der Waals surface area contributed by atoms with Crippen LogP contribution < -0.4 is 19.1 Å². The number of hydrogen-bond donors (Lipinski definition) is 0. The standard InChI is InChI=1S/C22H21BrN2O5/c1-3-28-18-8-6-5-7-17(18)25-13-15(11-20(25)26)22(27)30-21-16(23)9-14(12-24)10-19(21)29-4-2/h5-10,15H,3-4,11,13H2,1-2H3. The molecule has 0 bridgehead atoms. The summed E-state index contributed by atoms with van der Waals surface area (Å²) in [6.45, 7) is 4.67. The highest BCUT2D eigenvalue weighted by Crippen LogP contribution is 2.38. The fourth-order valence-electron chi connectivity index (χ4n) is 3.23. The predicted molar refractivity (Wildman–Crippen MR) is 114 cm³/mol. The normalized spacial score (nSPS) is 15.6. The monoisotopic (exact) mass is 472 g/mol. The number of esters is 1. The molecule has 1 aliphatic heterocycles. The van der Waals surface area contributed by atoms with Crippen LogP contribution in [0.1, 0.15) is 25.8 Å². The van der Waals surface area contributed by atoms with Crippen molar-refractivity contribution in [3.63, 3.8) is 0 Å². The molecule has 0 aliphatic carbocycles. The van der Waals surface area contributed by atoms with E-state index >= 15 is 0 Å². The Bertz CT molecular complexity index is 1000. The van der Waals surface area contributed by atoms with E-state index in [9.17, 15) is 9.59 Å². The molecule has 1 saturated heterocycles. The molecule has 0 spiro atoms. The van der Waals surface area contributed by atoms with Crippen LogP contribution in [0.15, 0.2) is 40.9 Å². The number of nitriles is 1. The zero-order valence-corrected chi connectivity index (χ0v) is 18.3. The van der Waals surface area contributed by atoms with Gasteiger partial charge in [0.05, 0.1) is 40.9 Å². The molecular formula is C22H21BrN2O5. The van der Waals surface area contributed by atoms with E-state index in [0.717, 1.165) is 0 Å². The molecule has 2 aromatic rings. The quantitative estimate of drug-likeness (QED) is 0.445. The van der Waals surface area contributed by atoms with Gasteiger partial charge in [0.2, 0.25) is 5.91 Å². The SMILES string of the molecule is CCOc1ccccc1N1CC(C(=O)Oc2c(Br)cc(C#N)cc2OCC)CC1=O. The number of rotatable bonds is 7. The van der Waals surface area contributed by atoms with Crippen molar-refractivity contribution < 1.29 is 23.8 Å². The van der Waals surface area contributed by atoms with E-state index in [1.807, 2.05) is 25.1 Å². The van der Waals surface area contributed by atoms with Gasteiger partial charge in [-0.05, 0) is 48.0 Å². The number of para-hydroxylation sites is 2. The Morgan fingerprint density at radius 2 is 1.90 bits per heavy atom. The van der Waals surface area contributed by atoms with E-state index in [-0.39, 0.29) is 24.6 Å². The largest absolute Gasteiger partial charge is 0.492 e. The van der Waals surface area contributed by atoms with Crippen molar-refractivity contribution in [2.75, 3.05) is 24.7 Å². The summed E-state index contributed by atoms with van der Waals surface area (Å²) in [5.74, 6) is -0.264. The molecule has 7 nitrogen and oxygen atoms in total. The average molecular weight is 473 g/mol. The number of nitrogens with zero attached hydrogens (tertiary/aromatic N) is 2. The van der Waals surface area contributed by atoms with E-state index in [2.05, 4.69) is 15.9 Å². The fraction of sp³-hybridized carbons (Fsp3) is 0.318. The molecular weight excluding hydrogens is 452 g/mol. The zero-order chi connectivity index (χ0) is 21.7. The maximum absolute atomic E-state index is 12.8. The Kier molecular flexibility index (Phi) is 6.95. The Labute approximate surface area is 183 Å². The third-order valence-electron chi connectivity index (χ3n) is 4.56. The molecule has 30 heavy (non-hydrogen) atoms. The summed E-state index contributed by atoms with van der Waals surface area (Å²) in [6.07, 6.45) is 0.0388. The van der Waals surface area contributed by atoms with Gasteiger partial charge in [0.1, 0.15) is 5.75 Å². The van der Waals surface area contributed by atoms with Crippen molar-refractivity contribution in [2.45, 2.75) is 20.3 Å². The van der Waals surface area contributed by atoms with Crippen molar-refractivity contribution >= 4 is 33.5 Å². The second-order valence-corrected chi connectivity index (χ2v) is 7.41. The van der Waals surface area contributed by atoms with Gasteiger partial charge in [-0.25, -0.2) is 0 Å². The minimum absolute atomic E-state index is 0.0388. The molecule has 2 aromatic carbocycles. The minimum atomic E-state index is -0.635. The smallest absolute Gasteiger partial charge is 0.316 e. The molecule has 1 aliphatic rings. The first kappa shape index (κ1) is 21.7. The molecule has 1 amide bonds. The van der Waals surface area contributed by atoms with E-state index in [1.165, 1.54) is 6.07 Å². The van der Waals surface area contributed by atoms with Gasteiger partial charge in [-0.1, -0.05) is 12.1 Å². The van der Waals surface area contributed by atoms with Crippen LogP contribution in [0, 0.1) is 17.2 Å². The van der Waals surface area contributed by atoms with Crippen LogP contribution in [0.3, 0.4) is 0 Å². The number of anilines is 1. The van der Waals surface area contributed by atoms with Gasteiger partial charge in [-0.15, -0.1) is 0 Å². The molecule has 1 atom stereocenters. The molecule has 1 fully saturated rings. The number of halogens is 1. The summed E-state index contributed by atoms with van der Waals surface area (Å²) in [4.78, 5) is 27.0. The minimum Gasteiger partial charge on any atom is -0.492 e. The summed E-state index contributed by atoms with van der Waals surface area (Å²) in [6, 6.07) is 12.3. The molecule has 1 heterocycles. The Hall–Kier alpha value is -3.05. The van der Waals surface area contributed by atoms with Gasteiger partial charge in [-0.2, -0.15) is 5.26 Å². The van der Waals surface area contributed by atoms with Gasteiger partial charge >= 0.3 is 5.97 Å². The van der Waals surface area contributed by atoms with Crippen molar-refractivity contribution in [3.8, 4) is 23.3 Å². The molecule has 156 valence electrons. The van der Waals surface area contributed by atoms with E-state index in [1.54, 1.807) is 30.0 Å². The summed E-state index contributed by atoms with van der Waals surface area (Å²) in [5.41, 5.74) is 1.01. The number of carbonyl (C=O) groups is 2. The number of amides is 1. The summed E-state index contributed by atoms with van der Waals surface area (Å²) >= 11 is 3.33. The van der Waals surface area contributed by atoms with Gasteiger partial charge in [-0.3, -0.25) is 9.59 Å². The summed E-state index contributed by atoms with van der Waals surface area (Å²) in [7, 11) is 0. The molecule has 0 N–H and O–H groups in total. The van der Waals surface area contributed by atoms with Crippen LogP contribution in [0.5, 0.6) is 17.2 Å². The first-order chi connectivity index (χ1) is 14.5. The Morgan fingerprint density at radius 1 is 1.20 bits per heavy atom. The maximum Gasteiger partial charge on any atom is 0.316 e. The van der Waals surface area contributed by atoms with E-state index in [4.69, 9.17) is 19.5 Å². The molecule has 0 saturated carbocycles. The van der Waals surface area contributed by atoms with Crippen molar-refractivity contribution in [1.29, 1.82) is 5.26 Å². The number of carbonyl (C=O) groups excluding carboxylic acids is 2. The lowest BCUT2D eigenvalue weighted by molar-refractivity contribution is -0.139.